The highest BCUT2D eigenvalue weighted by molar-refractivity contribution is 8.18. The highest BCUT2D eigenvalue weighted by Crippen LogP contribution is 2.32. The van der Waals surface area contributed by atoms with E-state index in [0.717, 1.165) is 52.0 Å². The summed E-state index contributed by atoms with van der Waals surface area (Å²) in [4.78, 5) is 19.5. The third-order valence-electron chi connectivity index (χ3n) is 6.17. The van der Waals surface area contributed by atoms with Crippen LogP contribution in [-0.4, -0.2) is 52.1 Å². The summed E-state index contributed by atoms with van der Waals surface area (Å²) in [7, 11) is 0. The number of amidine groups is 1. The van der Waals surface area contributed by atoms with Gasteiger partial charge in [-0.15, -0.1) is 0 Å². The number of nitrogens with zero attached hydrogens (tertiary/aromatic N) is 4. The van der Waals surface area contributed by atoms with Crippen LogP contribution >= 0.6 is 11.8 Å². The summed E-state index contributed by atoms with van der Waals surface area (Å²) in [5.41, 5.74) is 6.01. The van der Waals surface area contributed by atoms with Gasteiger partial charge in [-0.3, -0.25) is 4.79 Å². The van der Waals surface area contributed by atoms with E-state index in [-0.39, 0.29) is 5.91 Å². The molecule has 0 radical (unpaired) electrons. The van der Waals surface area contributed by atoms with Crippen molar-refractivity contribution in [1.82, 2.24) is 14.7 Å². The number of thioether (sulfide) groups is 1. The minimum atomic E-state index is -0.184. The van der Waals surface area contributed by atoms with Crippen molar-refractivity contribution in [3.63, 3.8) is 0 Å². The number of aliphatic imine (C=N–C) groups is 1. The normalized spacial score (nSPS) is 17.0. The van der Waals surface area contributed by atoms with Crippen LogP contribution in [0, 0.1) is 0 Å². The van der Waals surface area contributed by atoms with Gasteiger partial charge in [0.1, 0.15) is 0 Å². The van der Waals surface area contributed by atoms with Crippen LogP contribution in [-0.2, 0) is 9.53 Å². The summed E-state index contributed by atoms with van der Waals surface area (Å²) in [5, 5.41) is 5.71. The third kappa shape index (κ3) is 4.63. The van der Waals surface area contributed by atoms with E-state index in [1.165, 1.54) is 11.8 Å². The van der Waals surface area contributed by atoms with Gasteiger partial charge in [-0.2, -0.15) is 10.1 Å². The van der Waals surface area contributed by atoms with E-state index in [0.29, 0.717) is 18.1 Å². The van der Waals surface area contributed by atoms with Gasteiger partial charge >= 0.3 is 0 Å². The van der Waals surface area contributed by atoms with Crippen LogP contribution in [0.25, 0.3) is 34.3 Å². The molecule has 2 aliphatic rings. The molecule has 0 spiro atoms. The van der Waals surface area contributed by atoms with E-state index < -0.39 is 0 Å². The Morgan fingerprint density at radius 2 is 1.50 bits per heavy atom. The molecule has 1 saturated heterocycles. The average molecular weight is 493 g/mol. The summed E-state index contributed by atoms with van der Waals surface area (Å²) in [6, 6.07) is 30.7. The summed E-state index contributed by atoms with van der Waals surface area (Å²) in [6.07, 6.45) is 1.91. The van der Waals surface area contributed by atoms with E-state index in [4.69, 9.17) is 9.84 Å². The molecule has 0 saturated carbocycles. The van der Waals surface area contributed by atoms with Gasteiger partial charge in [0, 0.05) is 24.2 Å². The SMILES string of the molecule is O=C1N=C(N2CCOCC2)SC1=Cc1ccc(-n2nc(-c3ccccc3)cc2-c2ccccc2)cc1. The zero-order valence-electron chi connectivity index (χ0n) is 19.6. The molecule has 0 atom stereocenters. The second kappa shape index (κ2) is 9.97. The van der Waals surface area contributed by atoms with E-state index in [1.807, 2.05) is 71.4 Å². The lowest BCUT2D eigenvalue weighted by molar-refractivity contribution is -0.113. The summed E-state index contributed by atoms with van der Waals surface area (Å²) >= 11 is 1.44. The van der Waals surface area contributed by atoms with E-state index in [9.17, 15) is 4.79 Å². The Kier molecular flexibility index (Phi) is 6.24. The quantitative estimate of drug-likeness (QED) is 0.352. The molecule has 1 aromatic heterocycles. The molecular weight excluding hydrogens is 468 g/mol. The van der Waals surface area contributed by atoms with Crippen molar-refractivity contribution in [3.05, 3.63) is 101 Å². The number of amides is 1. The van der Waals surface area contributed by atoms with E-state index in [2.05, 4.69) is 40.2 Å². The Morgan fingerprint density at radius 1 is 0.833 bits per heavy atom. The molecule has 1 amide bonds. The summed E-state index contributed by atoms with van der Waals surface area (Å²) in [6.45, 7) is 2.86. The first-order chi connectivity index (χ1) is 17.7. The van der Waals surface area contributed by atoms with Crippen molar-refractivity contribution in [2.24, 2.45) is 4.99 Å². The Balaban J connectivity index is 1.29. The van der Waals surface area contributed by atoms with Crippen molar-refractivity contribution < 1.29 is 9.53 Å². The Labute approximate surface area is 213 Å². The Bertz CT molecular complexity index is 1440. The number of carbonyl (C=O) groups excluding carboxylic acids is 1. The highest BCUT2D eigenvalue weighted by Gasteiger charge is 2.27. The van der Waals surface area contributed by atoms with Gasteiger partial charge in [0.15, 0.2) is 5.17 Å². The van der Waals surface area contributed by atoms with Crippen molar-refractivity contribution in [3.8, 4) is 28.2 Å². The van der Waals surface area contributed by atoms with Crippen molar-refractivity contribution in [2.45, 2.75) is 0 Å². The molecule has 3 heterocycles. The number of carbonyl (C=O) groups is 1. The number of morpholine rings is 1. The number of ether oxygens (including phenoxy) is 1. The van der Waals surface area contributed by atoms with Crippen LogP contribution in [0.1, 0.15) is 5.56 Å². The predicted octanol–water partition coefficient (Wildman–Crippen LogP) is 5.51. The van der Waals surface area contributed by atoms with Crippen LogP contribution in [0.4, 0.5) is 0 Å². The van der Waals surface area contributed by atoms with Gasteiger partial charge in [-0.25, -0.2) is 4.68 Å². The van der Waals surface area contributed by atoms with E-state index in [1.54, 1.807) is 0 Å². The standard InChI is InChI=1S/C29H24N4O2S/c34-28-27(36-29(30-28)32-15-17-35-18-16-32)19-21-11-13-24(14-12-21)33-26(23-9-5-2-6-10-23)20-25(31-33)22-7-3-1-4-8-22/h1-14,19-20H,15-18H2. The maximum Gasteiger partial charge on any atom is 0.286 e. The van der Waals surface area contributed by atoms with Crippen LogP contribution in [0.3, 0.4) is 0 Å². The minimum absolute atomic E-state index is 0.184. The Hall–Kier alpha value is -3.94. The molecule has 6 rings (SSSR count). The smallest absolute Gasteiger partial charge is 0.286 e. The fraction of sp³-hybridized carbons (Fsp3) is 0.138. The molecular formula is C29H24N4O2S. The molecule has 0 N–H and O–H groups in total. The van der Waals surface area contributed by atoms with Gasteiger partial charge in [0.25, 0.3) is 5.91 Å². The predicted molar refractivity (Wildman–Crippen MR) is 145 cm³/mol. The summed E-state index contributed by atoms with van der Waals surface area (Å²) < 4.78 is 7.38. The molecule has 7 heteroatoms. The number of benzene rings is 3. The number of aromatic nitrogens is 2. The fourth-order valence-corrected chi connectivity index (χ4v) is 5.26. The first kappa shape index (κ1) is 22.5. The molecule has 4 aromatic rings. The molecule has 1 fully saturated rings. The lowest BCUT2D eigenvalue weighted by Crippen LogP contribution is -2.38. The maximum absolute atomic E-state index is 12.5. The fourth-order valence-electron chi connectivity index (χ4n) is 4.29. The van der Waals surface area contributed by atoms with Gasteiger partial charge in [-0.1, -0.05) is 72.8 Å². The summed E-state index contributed by atoms with van der Waals surface area (Å²) in [5.74, 6) is -0.184. The van der Waals surface area contributed by atoms with Crippen molar-refractivity contribution in [1.29, 1.82) is 0 Å². The third-order valence-corrected chi connectivity index (χ3v) is 7.22. The molecule has 3 aromatic carbocycles. The molecule has 0 aliphatic carbocycles. The number of hydrogen-bond acceptors (Lipinski definition) is 5. The zero-order valence-corrected chi connectivity index (χ0v) is 20.4. The highest BCUT2D eigenvalue weighted by atomic mass is 32.2. The monoisotopic (exact) mass is 492 g/mol. The molecule has 36 heavy (non-hydrogen) atoms. The minimum Gasteiger partial charge on any atom is -0.378 e. The molecule has 0 bridgehead atoms. The topological polar surface area (TPSA) is 59.7 Å². The van der Waals surface area contributed by atoms with Crippen LogP contribution in [0.15, 0.2) is 101 Å². The lowest BCUT2D eigenvalue weighted by Gasteiger charge is -2.27. The van der Waals surface area contributed by atoms with Gasteiger partial charge in [0.05, 0.1) is 35.2 Å². The zero-order chi connectivity index (χ0) is 24.3. The number of hydrogen-bond donors (Lipinski definition) is 0. The van der Waals surface area contributed by atoms with Crippen molar-refractivity contribution >= 4 is 28.9 Å². The molecule has 178 valence electrons. The lowest BCUT2D eigenvalue weighted by atomic mass is 10.1. The average Bonchev–Trinajstić information content (AvgIpc) is 3.55. The van der Waals surface area contributed by atoms with Gasteiger partial charge in [-0.05, 0) is 41.6 Å². The van der Waals surface area contributed by atoms with Gasteiger partial charge in [0.2, 0.25) is 0 Å². The van der Waals surface area contributed by atoms with Crippen LogP contribution in [0.5, 0.6) is 0 Å². The first-order valence-corrected chi connectivity index (χ1v) is 12.7. The Morgan fingerprint density at radius 3 is 2.19 bits per heavy atom. The van der Waals surface area contributed by atoms with Crippen LogP contribution in [0.2, 0.25) is 0 Å². The van der Waals surface area contributed by atoms with Crippen molar-refractivity contribution in [2.75, 3.05) is 26.3 Å². The largest absolute Gasteiger partial charge is 0.378 e. The maximum atomic E-state index is 12.5. The van der Waals surface area contributed by atoms with Crippen LogP contribution < -0.4 is 0 Å². The number of rotatable bonds is 4. The second-order valence-electron chi connectivity index (χ2n) is 8.56. The molecule has 2 aliphatic heterocycles. The second-order valence-corrected chi connectivity index (χ2v) is 9.57. The van der Waals surface area contributed by atoms with Gasteiger partial charge < -0.3 is 9.64 Å². The molecule has 0 unspecified atom stereocenters. The van der Waals surface area contributed by atoms with E-state index >= 15 is 0 Å². The molecule has 6 nitrogen and oxygen atoms in total. The first-order valence-electron chi connectivity index (χ1n) is 11.9.